The van der Waals surface area contributed by atoms with Gasteiger partial charge in [-0.15, -0.1) is 13.2 Å². The lowest BCUT2D eigenvalue weighted by atomic mass is 10.0. The van der Waals surface area contributed by atoms with Crippen molar-refractivity contribution < 1.29 is 27.2 Å². The van der Waals surface area contributed by atoms with Crippen molar-refractivity contribution in [3.05, 3.63) is 42.5 Å². The van der Waals surface area contributed by atoms with Crippen LogP contribution in [0.25, 0.3) is 22.1 Å². The van der Waals surface area contributed by atoms with E-state index in [4.69, 9.17) is 9.26 Å². The maximum absolute atomic E-state index is 12.3. The molecule has 10 heteroatoms. The number of alkyl halides is 3. The Bertz CT molecular complexity index is 1030. The normalized spacial score (nSPS) is 13.8. The Morgan fingerprint density at radius 3 is 2.59 bits per heavy atom. The van der Waals surface area contributed by atoms with Gasteiger partial charge < -0.3 is 14.0 Å². The Morgan fingerprint density at radius 1 is 1.07 bits per heavy atom. The molecule has 0 saturated heterocycles. The second-order valence-corrected chi connectivity index (χ2v) is 6.06. The minimum atomic E-state index is -4.72. The fraction of sp³-hybridized carbons (Fsp3) is 0.211. The molecule has 0 bridgehead atoms. The molecule has 0 radical (unpaired) electrons. The van der Waals surface area contributed by atoms with Gasteiger partial charge in [-0.25, -0.2) is 0 Å². The fourth-order valence-electron chi connectivity index (χ4n) is 2.76. The van der Waals surface area contributed by atoms with E-state index in [0.29, 0.717) is 42.1 Å². The number of aliphatic imine (C=N–C) groups is 1. The van der Waals surface area contributed by atoms with Crippen LogP contribution in [-0.2, 0) is 0 Å². The molecule has 29 heavy (non-hydrogen) atoms. The molecular weight excluding hydrogens is 389 g/mol. The Morgan fingerprint density at radius 2 is 1.86 bits per heavy atom. The molecule has 2 heterocycles. The third-order valence-electron chi connectivity index (χ3n) is 4.05. The van der Waals surface area contributed by atoms with Gasteiger partial charge in [0.15, 0.2) is 5.58 Å². The third kappa shape index (κ3) is 4.65. The summed E-state index contributed by atoms with van der Waals surface area (Å²) >= 11 is 0. The van der Waals surface area contributed by atoms with Crippen LogP contribution in [0.5, 0.6) is 11.6 Å². The summed E-state index contributed by atoms with van der Waals surface area (Å²) in [5.41, 5.74) is 2.03. The lowest BCUT2D eigenvalue weighted by molar-refractivity contribution is -0.274. The number of hydrogen-bond acceptors (Lipinski definition) is 7. The van der Waals surface area contributed by atoms with Crippen molar-refractivity contribution in [2.75, 3.05) is 19.7 Å². The molecule has 1 aliphatic heterocycles. The third-order valence-corrected chi connectivity index (χ3v) is 4.05. The maximum atomic E-state index is 12.3. The van der Waals surface area contributed by atoms with Crippen molar-refractivity contribution in [1.82, 2.24) is 10.2 Å². The van der Waals surface area contributed by atoms with Gasteiger partial charge in [-0.05, 0) is 40.5 Å². The van der Waals surface area contributed by atoms with E-state index in [-0.39, 0.29) is 5.75 Å². The molecule has 4 rings (SSSR count). The number of halogens is 3. The van der Waals surface area contributed by atoms with Gasteiger partial charge in [0, 0.05) is 6.21 Å². The van der Waals surface area contributed by atoms with Gasteiger partial charge in [0.25, 0.3) is 5.88 Å². The molecule has 150 valence electrons. The minimum Gasteiger partial charge on any atom is -0.473 e. The summed E-state index contributed by atoms with van der Waals surface area (Å²) in [4.78, 5) is 4.09. The van der Waals surface area contributed by atoms with Gasteiger partial charge in [-0.1, -0.05) is 18.2 Å². The van der Waals surface area contributed by atoms with Crippen molar-refractivity contribution in [3.63, 3.8) is 0 Å². The topological polar surface area (TPSA) is 72.5 Å². The lowest BCUT2D eigenvalue weighted by Gasteiger charge is -2.15. The highest BCUT2D eigenvalue weighted by molar-refractivity contribution is 5.87. The Hall–Kier alpha value is -3.56. The summed E-state index contributed by atoms with van der Waals surface area (Å²) in [6.07, 6.45) is -1.39. The van der Waals surface area contributed by atoms with Crippen LogP contribution in [-0.4, -0.2) is 48.8 Å². The summed E-state index contributed by atoms with van der Waals surface area (Å²) in [5.74, 6) is 0.0528. The van der Waals surface area contributed by atoms with Gasteiger partial charge in [0.05, 0.1) is 18.5 Å². The van der Waals surface area contributed by atoms with Crippen LogP contribution < -0.4 is 9.47 Å². The van der Waals surface area contributed by atoms with Gasteiger partial charge in [-0.2, -0.15) is 5.10 Å². The van der Waals surface area contributed by atoms with Crippen LogP contribution in [0, 0.1) is 0 Å². The van der Waals surface area contributed by atoms with E-state index in [1.54, 1.807) is 47.9 Å². The van der Waals surface area contributed by atoms with Gasteiger partial charge >= 0.3 is 6.36 Å². The fourth-order valence-corrected chi connectivity index (χ4v) is 2.76. The molecular formula is C19H15F3N4O3. The first-order valence-electron chi connectivity index (χ1n) is 8.65. The van der Waals surface area contributed by atoms with Crippen molar-refractivity contribution in [1.29, 1.82) is 0 Å². The largest absolute Gasteiger partial charge is 0.573 e. The predicted molar refractivity (Wildman–Crippen MR) is 100 cm³/mol. The average molecular weight is 404 g/mol. The zero-order chi connectivity index (χ0) is 20.3. The number of hydrazone groups is 1. The SMILES string of the molecule is FC(F)(F)Oc1ccc(-c2ccc3onc(OCCN4C=NCC=N4)c3c2)cc1. The van der Waals surface area contributed by atoms with Crippen LogP contribution in [0.15, 0.2) is 57.1 Å². The van der Waals surface area contributed by atoms with E-state index in [2.05, 4.69) is 20.0 Å². The van der Waals surface area contributed by atoms with Crippen molar-refractivity contribution in [2.45, 2.75) is 6.36 Å². The summed E-state index contributed by atoms with van der Waals surface area (Å²) in [7, 11) is 0. The Labute approximate surface area is 163 Å². The number of rotatable bonds is 6. The van der Waals surface area contributed by atoms with Crippen LogP contribution >= 0.6 is 0 Å². The molecule has 0 saturated carbocycles. The van der Waals surface area contributed by atoms with E-state index >= 15 is 0 Å². The average Bonchev–Trinajstić information content (AvgIpc) is 3.10. The first-order valence-corrected chi connectivity index (χ1v) is 8.65. The van der Waals surface area contributed by atoms with Crippen LogP contribution in [0.3, 0.4) is 0 Å². The van der Waals surface area contributed by atoms with E-state index in [9.17, 15) is 13.2 Å². The van der Waals surface area contributed by atoms with Gasteiger partial charge in [-0.3, -0.25) is 10.0 Å². The zero-order valence-corrected chi connectivity index (χ0v) is 15.0. The van der Waals surface area contributed by atoms with Crippen LogP contribution in [0.2, 0.25) is 0 Å². The van der Waals surface area contributed by atoms with E-state index < -0.39 is 6.36 Å². The van der Waals surface area contributed by atoms with Gasteiger partial charge in [0.2, 0.25) is 0 Å². The number of benzene rings is 2. The van der Waals surface area contributed by atoms with Crippen molar-refractivity contribution in [3.8, 4) is 22.8 Å². The highest BCUT2D eigenvalue weighted by atomic mass is 19.4. The molecule has 3 aromatic rings. The number of hydrogen-bond donors (Lipinski definition) is 0. The van der Waals surface area contributed by atoms with Gasteiger partial charge in [0.1, 0.15) is 18.7 Å². The molecule has 0 N–H and O–H groups in total. The van der Waals surface area contributed by atoms with E-state index in [1.165, 1.54) is 12.1 Å². The summed E-state index contributed by atoms with van der Waals surface area (Å²) in [6.45, 7) is 1.38. The molecule has 7 nitrogen and oxygen atoms in total. The zero-order valence-electron chi connectivity index (χ0n) is 15.0. The number of nitrogens with zero attached hydrogens (tertiary/aromatic N) is 4. The first kappa shape index (κ1) is 18.8. The molecule has 1 aromatic heterocycles. The molecule has 0 aliphatic carbocycles. The summed E-state index contributed by atoms with van der Waals surface area (Å²) in [6, 6.07) is 10.9. The predicted octanol–water partition coefficient (Wildman–Crippen LogP) is 4.10. The molecule has 0 fully saturated rings. The molecule has 1 aliphatic rings. The Balaban J connectivity index is 1.48. The molecule has 2 aromatic carbocycles. The number of ether oxygens (including phenoxy) is 2. The summed E-state index contributed by atoms with van der Waals surface area (Å²) < 4.78 is 51.8. The monoisotopic (exact) mass is 404 g/mol. The minimum absolute atomic E-state index is 0.278. The second kappa shape index (κ2) is 7.82. The van der Waals surface area contributed by atoms with E-state index in [1.807, 2.05) is 0 Å². The quantitative estimate of drug-likeness (QED) is 0.619. The van der Waals surface area contributed by atoms with Crippen molar-refractivity contribution in [2.24, 2.45) is 10.1 Å². The molecule has 0 atom stereocenters. The Kier molecular flexibility index (Phi) is 5.07. The van der Waals surface area contributed by atoms with Crippen LogP contribution in [0.4, 0.5) is 13.2 Å². The smallest absolute Gasteiger partial charge is 0.473 e. The summed E-state index contributed by atoms with van der Waals surface area (Å²) in [5, 5.41) is 10.4. The molecule has 0 spiro atoms. The number of fused-ring (bicyclic) bond motifs is 1. The number of aromatic nitrogens is 1. The standard InChI is InChI=1S/C19H15F3N4O3/c20-19(21,22)28-15-4-1-13(2-5-15)14-3-6-17-16(11-14)18(25-29-17)27-10-9-26-12-23-7-8-24-26/h1-6,8,11-12H,7,9-10H2. The first-order chi connectivity index (χ1) is 14.0. The highest BCUT2D eigenvalue weighted by Gasteiger charge is 2.31. The maximum Gasteiger partial charge on any atom is 0.573 e. The highest BCUT2D eigenvalue weighted by Crippen LogP contribution is 2.31. The van der Waals surface area contributed by atoms with Crippen molar-refractivity contribution >= 4 is 23.5 Å². The second-order valence-electron chi connectivity index (χ2n) is 6.06. The molecule has 0 amide bonds. The molecule has 0 unspecified atom stereocenters. The van der Waals surface area contributed by atoms with Crippen LogP contribution in [0.1, 0.15) is 0 Å². The lowest BCUT2D eigenvalue weighted by Crippen LogP contribution is -2.24. The van der Waals surface area contributed by atoms with E-state index in [0.717, 1.165) is 5.56 Å².